The van der Waals surface area contributed by atoms with Crippen molar-refractivity contribution >= 4 is 11.9 Å². The topological polar surface area (TPSA) is 89.0 Å². The van der Waals surface area contributed by atoms with Crippen molar-refractivity contribution in [3.63, 3.8) is 0 Å². The molecule has 2 aliphatic heterocycles. The van der Waals surface area contributed by atoms with Gasteiger partial charge >= 0.3 is 5.97 Å². The maximum absolute atomic E-state index is 12.7. The summed E-state index contributed by atoms with van der Waals surface area (Å²) in [6, 6.07) is 18.6. The Hall–Kier alpha value is -3.71. The van der Waals surface area contributed by atoms with E-state index in [1.165, 1.54) is 0 Å². The second-order valence-electron chi connectivity index (χ2n) is 9.17. The molecule has 2 aromatic carbocycles. The van der Waals surface area contributed by atoms with Crippen LogP contribution in [-0.2, 0) is 9.53 Å². The third kappa shape index (κ3) is 3.82. The number of aromatic nitrogens is 1. The number of carboxylic acids is 1. The Morgan fingerprint density at radius 1 is 0.971 bits per heavy atom. The molecule has 1 atom stereocenters. The fourth-order valence-corrected chi connectivity index (χ4v) is 4.63. The van der Waals surface area contributed by atoms with Gasteiger partial charge in [-0.15, -0.1) is 0 Å². The van der Waals surface area contributed by atoms with Crippen molar-refractivity contribution in [2.75, 3.05) is 26.3 Å². The van der Waals surface area contributed by atoms with Crippen LogP contribution in [-0.4, -0.2) is 53.2 Å². The van der Waals surface area contributed by atoms with E-state index in [9.17, 15) is 14.7 Å². The number of benzene rings is 2. The predicted octanol–water partition coefficient (Wildman–Crippen LogP) is 4.57. The van der Waals surface area contributed by atoms with Gasteiger partial charge in [0.05, 0.1) is 24.3 Å². The Bertz CT molecular complexity index is 1250. The minimum atomic E-state index is -1.06. The lowest BCUT2D eigenvalue weighted by molar-refractivity contribution is -0.147. The summed E-state index contributed by atoms with van der Waals surface area (Å²) in [5.41, 5.74) is 2.68. The zero-order valence-corrected chi connectivity index (χ0v) is 19.2. The molecule has 0 aliphatic carbocycles. The van der Waals surface area contributed by atoms with Crippen molar-refractivity contribution < 1.29 is 24.2 Å². The number of carboxylic acid groups (broad SMARTS) is 1. The number of pyridine rings is 1. The number of nitrogens with zero attached hydrogens (tertiary/aromatic N) is 2. The summed E-state index contributed by atoms with van der Waals surface area (Å²) < 4.78 is 11.4. The van der Waals surface area contributed by atoms with Gasteiger partial charge in [0, 0.05) is 41.3 Å². The molecule has 0 radical (unpaired) electrons. The fourth-order valence-electron chi connectivity index (χ4n) is 4.63. The Morgan fingerprint density at radius 2 is 1.68 bits per heavy atom. The first-order valence-corrected chi connectivity index (χ1v) is 11.3. The van der Waals surface area contributed by atoms with Crippen LogP contribution in [0.3, 0.4) is 0 Å². The fraction of sp³-hybridized carbons (Fsp3) is 0.296. The van der Waals surface area contributed by atoms with Gasteiger partial charge in [0.1, 0.15) is 5.75 Å². The van der Waals surface area contributed by atoms with Crippen LogP contribution in [0.4, 0.5) is 0 Å². The summed E-state index contributed by atoms with van der Waals surface area (Å²) in [5, 5.41) is 9.94. The lowest BCUT2D eigenvalue weighted by atomic mass is 9.70. The Kier molecular flexibility index (Phi) is 5.57. The van der Waals surface area contributed by atoms with Crippen LogP contribution in [0, 0.1) is 5.41 Å². The molecule has 1 amide bonds. The van der Waals surface area contributed by atoms with Crippen LogP contribution in [0.5, 0.6) is 11.6 Å². The summed E-state index contributed by atoms with van der Waals surface area (Å²) in [6.07, 6.45) is 0. The molecule has 0 bridgehead atoms. The second-order valence-corrected chi connectivity index (χ2v) is 9.17. The third-order valence-electron chi connectivity index (χ3n) is 6.64. The van der Waals surface area contributed by atoms with Crippen LogP contribution in [0.25, 0.3) is 11.3 Å². The summed E-state index contributed by atoms with van der Waals surface area (Å²) in [7, 11) is 0. The second kappa shape index (κ2) is 8.57. The number of aliphatic carboxylic acids is 1. The molecule has 34 heavy (non-hydrogen) atoms. The minimum Gasteiger partial charge on any atom is -0.481 e. The number of ether oxygens (including phenoxy) is 2. The molecule has 0 unspecified atom stereocenters. The van der Waals surface area contributed by atoms with Crippen molar-refractivity contribution in [2.45, 2.75) is 19.8 Å². The van der Waals surface area contributed by atoms with Crippen molar-refractivity contribution in [3.05, 3.63) is 77.4 Å². The maximum atomic E-state index is 12.7. The molecule has 174 valence electrons. The summed E-state index contributed by atoms with van der Waals surface area (Å²) in [4.78, 5) is 31.4. The number of morpholine rings is 1. The Labute approximate surface area is 198 Å². The molecule has 7 nitrogen and oxygen atoms in total. The van der Waals surface area contributed by atoms with Gasteiger partial charge in [-0.3, -0.25) is 9.59 Å². The number of hydrogen-bond donors (Lipinski definition) is 1. The van der Waals surface area contributed by atoms with E-state index in [4.69, 9.17) is 14.5 Å². The molecule has 1 N–H and O–H groups in total. The smallest absolute Gasteiger partial charge is 0.310 e. The highest BCUT2D eigenvalue weighted by Gasteiger charge is 2.44. The maximum Gasteiger partial charge on any atom is 0.310 e. The van der Waals surface area contributed by atoms with Crippen LogP contribution in [0.15, 0.2) is 60.7 Å². The van der Waals surface area contributed by atoms with E-state index in [0.717, 1.165) is 16.7 Å². The zero-order valence-electron chi connectivity index (χ0n) is 19.2. The molecule has 2 aliphatic rings. The van der Waals surface area contributed by atoms with Gasteiger partial charge in [-0.1, -0.05) is 36.4 Å². The van der Waals surface area contributed by atoms with Crippen molar-refractivity contribution in [3.8, 4) is 22.9 Å². The van der Waals surface area contributed by atoms with Crippen molar-refractivity contribution in [1.29, 1.82) is 0 Å². The van der Waals surface area contributed by atoms with Gasteiger partial charge in [-0.25, -0.2) is 4.98 Å². The first kappa shape index (κ1) is 22.1. The number of fused-ring (bicyclic) bond motifs is 2. The monoisotopic (exact) mass is 458 g/mol. The number of amides is 1. The zero-order chi connectivity index (χ0) is 23.9. The van der Waals surface area contributed by atoms with Crippen LogP contribution < -0.4 is 4.74 Å². The van der Waals surface area contributed by atoms with Gasteiger partial charge in [0.15, 0.2) is 0 Å². The van der Waals surface area contributed by atoms with E-state index in [2.05, 4.69) is 0 Å². The minimum absolute atomic E-state index is 0.00747. The molecule has 0 spiro atoms. The van der Waals surface area contributed by atoms with Crippen molar-refractivity contribution in [2.24, 2.45) is 5.41 Å². The average molecular weight is 459 g/mol. The number of hydrogen-bond acceptors (Lipinski definition) is 5. The Morgan fingerprint density at radius 3 is 2.38 bits per heavy atom. The van der Waals surface area contributed by atoms with Crippen LogP contribution >= 0.6 is 0 Å². The van der Waals surface area contributed by atoms with Gasteiger partial charge in [-0.2, -0.15) is 0 Å². The average Bonchev–Trinajstić information content (AvgIpc) is 2.87. The van der Waals surface area contributed by atoms with Crippen molar-refractivity contribution in [1.82, 2.24) is 9.88 Å². The normalized spacial score (nSPS) is 17.4. The SMILES string of the molecule is CC(C)(C(=O)O)[C@H]1c2ccccc2Oc2nc(-c3ccc(C(=O)N4CCOCC4)cc3)ccc21. The summed E-state index contributed by atoms with van der Waals surface area (Å²) in [6.45, 7) is 5.77. The van der Waals surface area contributed by atoms with Gasteiger partial charge in [-0.05, 0) is 38.1 Å². The first-order valence-electron chi connectivity index (χ1n) is 11.3. The largest absolute Gasteiger partial charge is 0.481 e. The molecule has 3 heterocycles. The van der Waals surface area contributed by atoms with Gasteiger partial charge in [0.25, 0.3) is 5.91 Å². The van der Waals surface area contributed by atoms with Crippen LogP contribution in [0.2, 0.25) is 0 Å². The highest BCUT2D eigenvalue weighted by Crippen LogP contribution is 2.51. The quantitative estimate of drug-likeness (QED) is 0.616. The molecule has 5 rings (SSSR count). The molecule has 7 heteroatoms. The number of carbonyl (C=O) groups is 2. The van der Waals surface area contributed by atoms with E-state index in [1.807, 2.05) is 48.5 Å². The number of rotatable bonds is 4. The summed E-state index contributed by atoms with van der Waals surface area (Å²) >= 11 is 0. The predicted molar refractivity (Wildman–Crippen MR) is 126 cm³/mol. The van der Waals surface area contributed by atoms with E-state index in [1.54, 1.807) is 30.9 Å². The van der Waals surface area contributed by atoms with E-state index < -0.39 is 17.3 Å². The lowest BCUT2D eigenvalue weighted by Crippen LogP contribution is -2.40. The first-order chi connectivity index (χ1) is 16.4. The summed E-state index contributed by atoms with van der Waals surface area (Å²) in [5.74, 6) is -0.272. The van der Waals surface area contributed by atoms with Gasteiger partial charge < -0.3 is 19.5 Å². The molecular weight excluding hydrogens is 432 g/mol. The van der Waals surface area contributed by atoms with E-state index in [-0.39, 0.29) is 5.91 Å². The van der Waals surface area contributed by atoms with Gasteiger partial charge in [0.2, 0.25) is 5.88 Å². The number of carbonyl (C=O) groups excluding carboxylic acids is 1. The standard InChI is InChI=1S/C27H26N2O5/c1-27(2,26(31)32)23-19-5-3-4-6-22(19)34-24-20(23)11-12-21(28-24)17-7-9-18(10-8-17)25(30)29-13-15-33-16-14-29/h3-12,23H,13-16H2,1-2H3,(H,31,32)/t23-/m0/s1. The van der Waals surface area contributed by atoms with Crippen LogP contribution in [0.1, 0.15) is 41.3 Å². The molecule has 1 fully saturated rings. The molecule has 0 saturated carbocycles. The molecular formula is C27H26N2O5. The highest BCUT2D eigenvalue weighted by molar-refractivity contribution is 5.94. The van der Waals surface area contributed by atoms with E-state index >= 15 is 0 Å². The lowest BCUT2D eigenvalue weighted by Gasteiger charge is -2.36. The third-order valence-corrected chi connectivity index (χ3v) is 6.64. The Balaban J connectivity index is 1.48. The number of para-hydroxylation sites is 1. The molecule has 1 aromatic heterocycles. The molecule has 1 saturated heterocycles. The highest BCUT2D eigenvalue weighted by atomic mass is 16.5. The molecule has 3 aromatic rings. The van der Waals surface area contributed by atoms with E-state index in [0.29, 0.717) is 49.2 Å².